The lowest BCUT2D eigenvalue weighted by Crippen LogP contribution is -2.24. The maximum atomic E-state index is 13.7. The molecular formula is C29H27F3N2O5. The van der Waals surface area contributed by atoms with E-state index in [0.717, 1.165) is 29.5 Å². The number of benzene rings is 3. The zero-order chi connectivity index (χ0) is 28.3. The fourth-order valence-electron chi connectivity index (χ4n) is 4.32. The zero-order valence-corrected chi connectivity index (χ0v) is 21.5. The van der Waals surface area contributed by atoms with Gasteiger partial charge < -0.3 is 24.5 Å². The van der Waals surface area contributed by atoms with E-state index in [1.807, 2.05) is 31.2 Å². The molecule has 0 saturated heterocycles. The Labute approximate surface area is 222 Å². The van der Waals surface area contributed by atoms with Gasteiger partial charge in [0.25, 0.3) is 0 Å². The molecule has 4 rings (SSSR count). The first kappa shape index (κ1) is 27.7. The number of aryl methyl sites for hydroxylation is 1. The van der Waals surface area contributed by atoms with Gasteiger partial charge in [-0.3, -0.25) is 4.79 Å². The molecule has 0 aliphatic rings. The smallest absolute Gasteiger partial charge is 0.416 e. The molecule has 39 heavy (non-hydrogen) atoms. The molecular weight excluding hydrogens is 513 g/mol. The highest BCUT2D eigenvalue weighted by Crippen LogP contribution is 2.36. The zero-order valence-electron chi connectivity index (χ0n) is 21.5. The quantitative estimate of drug-likeness (QED) is 0.266. The van der Waals surface area contributed by atoms with Gasteiger partial charge in [-0.25, -0.2) is 4.79 Å². The number of hydrogen-bond acceptors (Lipinski definition) is 5. The van der Waals surface area contributed by atoms with E-state index in [0.29, 0.717) is 17.6 Å². The van der Waals surface area contributed by atoms with Gasteiger partial charge in [0.15, 0.2) is 5.43 Å². The topological polar surface area (TPSA) is 89.8 Å². The Hall–Kier alpha value is -4.31. The summed E-state index contributed by atoms with van der Waals surface area (Å²) in [5.74, 6) is -0.500. The Morgan fingerprint density at radius 3 is 2.49 bits per heavy atom. The molecule has 0 saturated carbocycles. The predicted octanol–water partition coefficient (Wildman–Crippen LogP) is 5.66. The van der Waals surface area contributed by atoms with Crippen LogP contribution < -0.4 is 20.2 Å². The van der Waals surface area contributed by atoms with Gasteiger partial charge >= 0.3 is 12.1 Å². The first-order valence-corrected chi connectivity index (χ1v) is 12.1. The minimum absolute atomic E-state index is 0.0323. The van der Waals surface area contributed by atoms with Crippen molar-refractivity contribution in [3.63, 3.8) is 0 Å². The standard InChI is InChI=1S/C29H27F3N2O5/c1-17(18-5-4-6-22(12-18)38-3)33-9-10-39-23-13-20(11-21(15-23)29(30,31)32)19-7-8-25-24(14-19)27(35)16-26(28(36)37)34(25)2/h4-8,11-17,33H,9-10H2,1-3H3,(H,36,37)/t17-/m1/s1. The van der Waals surface area contributed by atoms with E-state index in [1.54, 1.807) is 13.2 Å². The number of aromatic carboxylic acids is 1. The van der Waals surface area contributed by atoms with Gasteiger partial charge in [-0.05, 0) is 66.1 Å². The van der Waals surface area contributed by atoms with Crippen LogP contribution in [0.5, 0.6) is 11.5 Å². The lowest BCUT2D eigenvalue weighted by atomic mass is 10.00. The summed E-state index contributed by atoms with van der Waals surface area (Å²) in [5.41, 5.74) is 0.303. The van der Waals surface area contributed by atoms with Gasteiger partial charge in [0.05, 0.1) is 18.2 Å². The second kappa shape index (κ2) is 11.2. The number of nitrogens with one attached hydrogen (secondary N) is 1. The molecule has 0 amide bonds. The molecule has 0 unspecified atom stereocenters. The number of aromatic nitrogens is 1. The highest BCUT2D eigenvalue weighted by atomic mass is 19.4. The van der Waals surface area contributed by atoms with Crippen LogP contribution in [0.15, 0.2) is 71.5 Å². The van der Waals surface area contributed by atoms with E-state index in [1.165, 1.54) is 29.8 Å². The molecule has 0 spiro atoms. The first-order chi connectivity index (χ1) is 18.5. The number of carboxylic acids is 1. The number of fused-ring (bicyclic) bond motifs is 1. The molecule has 2 N–H and O–H groups in total. The fraction of sp³-hybridized carbons (Fsp3) is 0.241. The van der Waals surface area contributed by atoms with Crippen molar-refractivity contribution in [2.75, 3.05) is 20.3 Å². The number of methoxy groups -OCH3 is 1. The van der Waals surface area contributed by atoms with Crippen LogP contribution >= 0.6 is 0 Å². The van der Waals surface area contributed by atoms with Crippen molar-refractivity contribution in [2.24, 2.45) is 7.05 Å². The van der Waals surface area contributed by atoms with Crippen LogP contribution in [0.3, 0.4) is 0 Å². The van der Waals surface area contributed by atoms with Crippen LogP contribution in [-0.2, 0) is 13.2 Å². The molecule has 4 aromatic rings. The third-order valence-corrected chi connectivity index (χ3v) is 6.45. The summed E-state index contributed by atoms with van der Waals surface area (Å²) in [4.78, 5) is 24.0. The van der Waals surface area contributed by atoms with Crippen molar-refractivity contribution in [1.82, 2.24) is 9.88 Å². The Bertz CT molecular complexity index is 1580. The minimum Gasteiger partial charge on any atom is -0.497 e. The summed E-state index contributed by atoms with van der Waals surface area (Å²) < 4.78 is 53.4. The van der Waals surface area contributed by atoms with E-state index in [4.69, 9.17) is 9.47 Å². The van der Waals surface area contributed by atoms with Crippen molar-refractivity contribution >= 4 is 16.9 Å². The molecule has 0 aliphatic heterocycles. The van der Waals surface area contributed by atoms with Gasteiger partial charge in [-0.15, -0.1) is 0 Å². The monoisotopic (exact) mass is 540 g/mol. The third kappa shape index (κ3) is 6.23. The van der Waals surface area contributed by atoms with Crippen LogP contribution in [0.1, 0.15) is 34.6 Å². The molecule has 0 fully saturated rings. The number of pyridine rings is 1. The van der Waals surface area contributed by atoms with Gasteiger partial charge in [-0.1, -0.05) is 18.2 Å². The van der Waals surface area contributed by atoms with Crippen LogP contribution in [0, 0.1) is 0 Å². The van der Waals surface area contributed by atoms with E-state index in [-0.39, 0.29) is 35.0 Å². The van der Waals surface area contributed by atoms with Gasteiger partial charge in [0, 0.05) is 31.1 Å². The van der Waals surface area contributed by atoms with Crippen LogP contribution in [-0.4, -0.2) is 35.9 Å². The second-order valence-corrected chi connectivity index (χ2v) is 9.03. The summed E-state index contributed by atoms with van der Waals surface area (Å²) >= 11 is 0. The van der Waals surface area contributed by atoms with Crippen LogP contribution in [0.25, 0.3) is 22.0 Å². The number of carboxylic acid groups (broad SMARTS) is 1. The summed E-state index contributed by atoms with van der Waals surface area (Å²) in [6.45, 7) is 2.45. The van der Waals surface area contributed by atoms with E-state index in [2.05, 4.69) is 5.32 Å². The number of carbonyl (C=O) groups is 1. The van der Waals surface area contributed by atoms with Gasteiger partial charge in [0.2, 0.25) is 0 Å². The average molecular weight is 541 g/mol. The lowest BCUT2D eigenvalue weighted by Gasteiger charge is -2.17. The van der Waals surface area contributed by atoms with Crippen LogP contribution in [0.2, 0.25) is 0 Å². The minimum atomic E-state index is -4.61. The second-order valence-electron chi connectivity index (χ2n) is 9.03. The van der Waals surface area contributed by atoms with Gasteiger partial charge in [0.1, 0.15) is 23.8 Å². The largest absolute Gasteiger partial charge is 0.497 e. The summed E-state index contributed by atoms with van der Waals surface area (Å²) in [5, 5.41) is 12.8. The average Bonchev–Trinajstić information content (AvgIpc) is 2.91. The number of rotatable bonds is 9. The van der Waals surface area contributed by atoms with Crippen molar-refractivity contribution in [2.45, 2.75) is 19.1 Å². The van der Waals surface area contributed by atoms with Crippen molar-refractivity contribution < 1.29 is 32.5 Å². The van der Waals surface area contributed by atoms with Crippen molar-refractivity contribution in [1.29, 1.82) is 0 Å². The molecule has 1 heterocycles. The predicted molar refractivity (Wildman–Crippen MR) is 141 cm³/mol. The Balaban J connectivity index is 1.57. The van der Waals surface area contributed by atoms with Crippen molar-refractivity contribution in [3.8, 4) is 22.6 Å². The molecule has 0 radical (unpaired) electrons. The normalized spacial score (nSPS) is 12.4. The highest BCUT2D eigenvalue weighted by molar-refractivity contribution is 5.92. The summed E-state index contributed by atoms with van der Waals surface area (Å²) in [7, 11) is 3.09. The summed E-state index contributed by atoms with van der Waals surface area (Å²) in [6, 6.07) is 16.5. The summed E-state index contributed by atoms with van der Waals surface area (Å²) in [6.07, 6.45) is -4.61. The highest BCUT2D eigenvalue weighted by Gasteiger charge is 2.31. The number of halogens is 3. The molecule has 204 valence electrons. The molecule has 1 aromatic heterocycles. The Morgan fingerprint density at radius 1 is 1.03 bits per heavy atom. The first-order valence-electron chi connectivity index (χ1n) is 12.1. The maximum absolute atomic E-state index is 13.7. The molecule has 0 bridgehead atoms. The van der Waals surface area contributed by atoms with E-state index >= 15 is 0 Å². The Kier molecular flexibility index (Phi) is 7.96. The lowest BCUT2D eigenvalue weighted by molar-refractivity contribution is -0.137. The maximum Gasteiger partial charge on any atom is 0.416 e. The Morgan fingerprint density at radius 2 is 1.79 bits per heavy atom. The number of alkyl halides is 3. The van der Waals surface area contributed by atoms with Crippen LogP contribution in [0.4, 0.5) is 13.2 Å². The van der Waals surface area contributed by atoms with Crippen molar-refractivity contribution in [3.05, 3.63) is 93.8 Å². The van der Waals surface area contributed by atoms with E-state index in [9.17, 15) is 27.9 Å². The SMILES string of the molecule is COc1cccc([C@@H](C)NCCOc2cc(-c3ccc4c(c3)c(=O)cc(C(=O)O)n4C)cc(C(F)(F)F)c2)c1. The number of nitrogens with zero attached hydrogens (tertiary/aromatic N) is 1. The number of ether oxygens (including phenoxy) is 2. The van der Waals surface area contributed by atoms with Gasteiger partial charge in [-0.2, -0.15) is 13.2 Å². The van der Waals surface area contributed by atoms with E-state index < -0.39 is 23.1 Å². The molecule has 10 heteroatoms. The molecule has 0 aliphatic carbocycles. The molecule has 1 atom stereocenters. The third-order valence-electron chi connectivity index (χ3n) is 6.45. The molecule has 3 aromatic carbocycles. The number of hydrogen-bond donors (Lipinski definition) is 2. The molecule has 7 nitrogen and oxygen atoms in total. The fourth-order valence-corrected chi connectivity index (χ4v) is 4.32.